The van der Waals surface area contributed by atoms with E-state index in [1.807, 2.05) is 49.3 Å². The average molecular weight is 409 g/mol. The highest BCUT2D eigenvalue weighted by Gasteiger charge is 2.43. The molecule has 7 heteroatoms. The normalized spacial score (nSPS) is 23.0. The lowest BCUT2D eigenvalue weighted by molar-refractivity contribution is 0.00471. The first-order valence-electron chi connectivity index (χ1n) is 10.6. The Balaban J connectivity index is 1.41. The molecule has 2 aromatic rings. The zero-order chi connectivity index (χ0) is 21.1. The first-order valence-corrected chi connectivity index (χ1v) is 10.6. The van der Waals surface area contributed by atoms with Gasteiger partial charge in [0.2, 0.25) is 5.95 Å². The highest BCUT2D eigenvalue weighted by atomic mass is 16.6. The van der Waals surface area contributed by atoms with Gasteiger partial charge >= 0.3 is 6.09 Å². The van der Waals surface area contributed by atoms with Crippen molar-refractivity contribution >= 4 is 17.8 Å². The van der Waals surface area contributed by atoms with Crippen LogP contribution < -0.4 is 4.90 Å². The Bertz CT molecular complexity index is 871. The van der Waals surface area contributed by atoms with Gasteiger partial charge in [0, 0.05) is 44.5 Å². The van der Waals surface area contributed by atoms with Crippen LogP contribution in [0, 0.1) is 5.92 Å². The van der Waals surface area contributed by atoms with Crippen LogP contribution in [0.2, 0.25) is 0 Å². The van der Waals surface area contributed by atoms with Crippen LogP contribution in [-0.4, -0.2) is 52.9 Å². The number of anilines is 1. The Morgan fingerprint density at radius 1 is 1.07 bits per heavy atom. The molecule has 30 heavy (non-hydrogen) atoms. The van der Waals surface area contributed by atoms with Crippen LogP contribution in [0.3, 0.4) is 0 Å². The van der Waals surface area contributed by atoms with Gasteiger partial charge in [0.1, 0.15) is 6.61 Å². The van der Waals surface area contributed by atoms with Crippen molar-refractivity contribution in [2.24, 2.45) is 5.92 Å². The summed E-state index contributed by atoms with van der Waals surface area (Å²) in [6.45, 7) is 0.271. The van der Waals surface area contributed by atoms with Crippen molar-refractivity contribution in [1.82, 2.24) is 14.9 Å². The van der Waals surface area contributed by atoms with Crippen LogP contribution in [0.25, 0.3) is 0 Å². The number of ether oxygens (including phenoxy) is 1. The predicted octanol–water partition coefficient (Wildman–Crippen LogP) is 3.70. The lowest BCUT2D eigenvalue weighted by Gasteiger charge is -2.47. The minimum atomic E-state index is -0.266. The van der Waals surface area contributed by atoms with Crippen LogP contribution >= 0.6 is 0 Å². The highest BCUT2D eigenvalue weighted by Crippen LogP contribution is 2.38. The van der Waals surface area contributed by atoms with Crippen molar-refractivity contribution in [2.75, 3.05) is 19.0 Å². The van der Waals surface area contributed by atoms with Gasteiger partial charge in [0.15, 0.2) is 5.78 Å². The van der Waals surface area contributed by atoms with Crippen molar-refractivity contribution in [3.05, 3.63) is 53.9 Å². The number of hydrogen-bond donors (Lipinski definition) is 0. The summed E-state index contributed by atoms with van der Waals surface area (Å²) >= 11 is 0. The summed E-state index contributed by atoms with van der Waals surface area (Å²) in [4.78, 5) is 38.1. The maximum absolute atomic E-state index is 13.1. The molecule has 2 aliphatic heterocycles. The zero-order valence-corrected chi connectivity index (χ0v) is 17.5. The summed E-state index contributed by atoms with van der Waals surface area (Å²) < 4.78 is 5.60. The fourth-order valence-corrected chi connectivity index (χ4v) is 4.60. The number of carbonyl (C=O) groups is 2. The molecule has 0 N–H and O–H groups in total. The van der Waals surface area contributed by atoms with Gasteiger partial charge in [0.25, 0.3) is 0 Å². The highest BCUT2D eigenvalue weighted by molar-refractivity contribution is 5.97. The number of hydrogen-bond acceptors (Lipinski definition) is 6. The fourth-order valence-electron chi connectivity index (χ4n) is 4.60. The van der Waals surface area contributed by atoms with Crippen molar-refractivity contribution in [2.45, 2.75) is 50.8 Å². The maximum Gasteiger partial charge on any atom is 0.410 e. The van der Waals surface area contributed by atoms with E-state index in [1.165, 1.54) is 0 Å². The number of carbonyl (C=O) groups excluding carboxylic acids is 2. The second-order valence-electron chi connectivity index (χ2n) is 8.38. The van der Waals surface area contributed by atoms with Crippen LogP contribution in [0.1, 0.15) is 48.0 Å². The standard InChI is InChI=1S/C23H28N4O3/c1-26(2)22-24-13-18(14-25-22)21(28)17-11-19-9-6-10-20(12-17)27(19)23(29)30-15-16-7-4-3-5-8-16/h3-5,7-8,13-14,17,19-20H,6,9-12,15H2,1-2H3. The summed E-state index contributed by atoms with van der Waals surface area (Å²) in [5.41, 5.74) is 1.52. The van der Waals surface area contributed by atoms with Gasteiger partial charge in [-0.3, -0.25) is 4.79 Å². The monoisotopic (exact) mass is 408 g/mol. The summed E-state index contributed by atoms with van der Waals surface area (Å²) in [5, 5.41) is 0. The molecule has 1 aromatic heterocycles. The second-order valence-corrected chi connectivity index (χ2v) is 8.38. The molecule has 0 spiro atoms. The van der Waals surface area contributed by atoms with E-state index in [1.54, 1.807) is 17.3 Å². The van der Waals surface area contributed by atoms with E-state index in [-0.39, 0.29) is 36.5 Å². The number of piperidine rings is 2. The molecule has 1 aromatic carbocycles. The molecule has 0 aliphatic carbocycles. The molecule has 0 saturated carbocycles. The van der Waals surface area contributed by atoms with Gasteiger partial charge < -0.3 is 14.5 Å². The molecular weight excluding hydrogens is 380 g/mol. The first kappa shape index (κ1) is 20.3. The third-order valence-electron chi connectivity index (χ3n) is 6.08. The predicted molar refractivity (Wildman–Crippen MR) is 113 cm³/mol. The van der Waals surface area contributed by atoms with Gasteiger partial charge in [-0.1, -0.05) is 30.3 Å². The molecule has 7 nitrogen and oxygen atoms in total. The van der Waals surface area contributed by atoms with E-state index < -0.39 is 0 Å². The summed E-state index contributed by atoms with van der Waals surface area (Å²) in [6, 6.07) is 9.81. The van der Waals surface area contributed by atoms with Gasteiger partial charge in [-0.2, -0.15) is 0 Å². The topological polar surface area (TPSA) is 75.6 Å². The lowest BCUT2D eigenvalue weighted by atomic mass is 9.76. The number of fused-ring (bicyclic) bond motifs is 2. The fraction of sp³-hybridized carbons (Fsp3) is 0.478. The Morgan fingerprint density at radius 3 is 2.30 bits per heavy atom. The Kier molecular flexibility index (Phi) is 5.97. The minimum Gasteiger partial charge on any atom is -0.445 e. The van der Waals surface area contributed by atoms with Crippen molar-refractivity contribution in [1.29, 1.82) is 0 Å². The number of amides is 1. The summed E-state index contributed by atoms with van der Waals surface area (Å²) in [7, 11) is 3.73. The molecular formula is C23H28N4O3. The number of Topliss-reactive ketones (excluding diaryl/α,β-unsaturated/α-hetero) is 1. The van der Waals surface area contributed by atoms with Crippen LogP contribution in [0.4, 0.5) is 10.7 Å². The van der Waals surface area contributed by atoms with Gasteiger partial charge in [0.05, 0.1) is 5.56 Å². The molecule has 2 aliphatic rings. The van der Waals surface area contributed by atoms with E-state index in [0.29, 0.717) is 24.4 Å². The number of aromatic nitrogens is 2. The van der Waals surface area contributed by atoms with Gasteiger partial charge in [-0.15, -0.1) is 0 Å². The number of benzene rings is 1. The molecule has 2 bridgehead atoms. The molecule has 2 unspecified atom stereocenters. The van der Waals surface area contributed by atoms with Gasteiger partial charge in [-0.25, -0.2) is 14.8 Å². The molecule has 1 amide bonds. The van der Waals surface area contributed by atoms with E-state index in [9.17, 15) is 9.59 Å². The third-order valence-corrected chi connectivity index (χ3v) is 6.08. The SMILES string of the molecule is CN(C)c1ncc(C(=O)C2CC3CCCC(C2)N3C(=O)OCc2ccccc2)cn1. The Labute approximate surface area is 177 Å². The van der Waals surface area contributed by atoms with E-state index >= 15 is 0 Å². The molecule has 4 rings (SSSR count). The van der Waals surface area contributed by atoms with Gasteiger partial charge in [-0.05, 0) is 37.7 Å². The number of ketones is 1. The number of nitrogens with zero attached hydrogens (tertiary/aromatic N) is 4. The quantitative estimate of drug-likeness (QED) is 0.703. The number of rotatable bonds is 5. The minimum absolute atomic E-state index is 0.0525. The Morgan fingerprint density at radius 2 is 1.70 bits per heavy atom. The van der Waals surface area contributed by atoms with E-state index in [2.05, 4.69) is 9.97 Å². The van der Waals surface area contributed by atoms with Crippen molar-refractivity contribution < 1.29 is 14.3 Å². The summed E-state index contributed by atoms with van der Waals surface area (Å²) in [6.07, 6.45) is 7.21. The maximum atomic E-state index is 13.1. The largest absolute Gasteiger partial charge is 0.445 e. The molecule has 2 fully saturated rings. The molecule has 2 atom stereocenters. The first-order chi connectivity index (χ1) is 14.5. The van der Waals surface area contributed by atoms with Crippen LogP contribution in [-0.2, 0) is 11.3 Å². The molecule has 3 heterocycles. The van der Waals surface area contributed by atoms with E-state index in [4.69, 9.17) is 4.74 Å². The molecule has 158 valence electrons. The Hall–Kier alpha value is -2.96. The van der Waals surface area contributed by atoms with Crippen LogP contribution in [0.15, 0.2) is 42.7 Å². The summed E-state index contributed by atoms with van der Waals surface area (Å²) in [5.74, 6) is 0.557. The average Bonchev–Trinajstić information content (AvgIpc) is 2.77. The van der Waals surface area contributed by atoms with Crippen LogP contribution in [0.5, 0.6) is 0 Å². The zero-order valence-electron chi connectivity index (χ0n) is 17.5. The smallest absolute Gasteiger partial charge is 0.410 e. The lowest BCUT2D eigenvalue weighted by Crippen LogP contribution is -2.55. The van der Waals surface area contributed by atoms with Crippen molar-refractivity contribution in [3.63, 3.8) is 0 Å². The second kappa shape index (κ2) is 8.81. The van der Waals surface area contributed by atoms with E-state index in [0.717, 1.165) is 24.8 Å². The third kappa shape index (κ3) is 4.30. The van der Waals surface area contributed by atoms with Crippen molar-refractivity contribution in [3.8, 4) is 0 Å². The molecule has 2 saturated heterocycles. The molecule has 0 radical (unpaired) electrons.